The molecule has 82 valence electrons. The predicted octanol–water partition coefficient (Wildman–Crippen LogP) is 2.49. The number of halogens is 1. The molecule has 1 rings (SSSR count). The van der Waals surface area contributed by atoms with Crippen LogP contribution in [0.25, 0.3) is 0 Å². The van der Waals surface area contributed by atoms with E-state index in [1.54, 1.807) is 12.1 Å². The van der Waals surface area contributed by atoms with Gasteiger partial charge in [-0.3, -0.25) is 4.79 Å². The van der Waals surface area contributed by atoms with Gasteiger partial charge in [0, 0.05) is 11.7 Å². The molecule has 2 N–H and O–H groups in total. The van der Waals surface area contributed by atoms with Crippen LogP contribution < -0.4 is 5.32 Å². The first kappa shape index (κ1) is 11.5. The van der Waals surface area contributed by atoms with Crippen LogP contribution in [-0.4, -0.2) is 17.1 Å². The molecule has 4 heteroatoms. The van der Waals surface area contributed by atoms with Gasteiger partial charge < -0.3 is 10.4 Å². The smallest absolute Gasteiger partial charge is 0.305 e. The molecular weight excluding hydrogens is 197 g/mol. The average molecular weight is 211 g/mol. The van der Waals surface area contributed by atoms with Gasteiger partial charge in [0.05, 0.1) is 6.42 Å². The Morgan fingerprint density at radius 1 is 1.47 bits per heavy atom. The second-order valence-electron chi connectivity index (χ2n) is 3.35. The Kier molecular flexibility index (Phi) is 4.09. The zero-order valence-electron chi connectivity index (χ0n) is 8.53. The topological polar surface area (TPSA) is 49.3 Å². The number of carbonyl (C=O) groups is 1. The molecule has 0 spiro atoms. The third-order valence-corrected chi connectivity index (χ3v) is 2.13. The highest BCUT2D eigenvalue weighted by molar-refractivity contribution is 5.68. The molecule has 0 radical (unpaired) electrons. The van der Waals surface area contributed by atoms with Gasteiger partial charge in [-0.25, -0.2) is 4.39 Å². The van der Waals surface area contributed by atoms with E-state index in [1.165, 1.54) is 12.1 Å². The van der Waals surface area contributed by atoms with Crippen LogP contribution in [0.3, 0.4) is 0 Å². The summed E-state index contributed by atoms with van der Waals surface area (Å²) in [7, 11) is 0. The predicted molar refractivity (Wildman–Crippen MR) is 56.4 cm³/mol. The Labute approximate surface area is 87.9 Å². The van der Waals surface area contributed by atoms with Crippen LogP contribution in [0.5, 0.6) is 0 Å². The number of hydrogen-bond donors (Lipinski definition) is 2. The van der Waals surface area contributed by atoms with E-state index in [-0.39, 0.29) is 18.3 Å². The maximum absolute atomic E-state index is 12.6. The standard InChI is InChI=1S/C11H14FNO2/c1-2-9(7-11(14)15)13-10-5-3-8(12)4-6-10/h3-6,9,13H,2,7H2,1H3,(H,14,15). The van der Waals surface area contributed by atoms with Crippen LogP contribution in [0.4, 0.5) is 10.1 Å². The maximum Gasteiger partial charge on any atom is 0.305 e. The van der Waals surface area contributed by atoms with Crippen LogP contribution in [0, 0.1) is 5.82 Å². The first-order valence-corrected chi connectivity index (χ1v) is 4.85. The van der Waals surface area contributed by atoms with Gasteiger partial charge in [-0.1, -0.05) is 6.92 Å². The van der Waals surface area contributed by atoms with Crippen molar-refractivity contribution in [1.82, 2.24) is 0 Å². The van der Waals surface area contributed by atoms with Gasteiger partial charge in [-0.05, 0) is 30.7 Å². The molecule has 1 unspecified atom stereocenters. The number of nitrogens with one attached hydrogen (secondary N) is 1. The lowest BCUT2D eigenvalue weighted by Gasteiger charge is -2.15. The molecule has 3 nitrogen and oxygen atoms in total. The van der Waals surface area contributed by atoms with E-state index in [2.05, 4.69) is 5.32 Å². The highest BCUT2D eigenvalue weighted by Gasteiger charge is 2.10. The van der Waals surface area contributed by atoms with Gasteiger partial charge in [0.15, 0.2) is 0 Å². The number of rotatable bonds is 5. The van der Waals surface area contributed by atoms with E-state index in [1.807, 2.05) is 6.92 Å². The lowest BCUT2D eigenvalue weighted by molar-refractivity contribution is -0.137. The van der Waals surface area contributed by atoms with Gasteiger partial charge in [-0.2, -0.15) is 0 Å². The number of benzene rings is 1. The summed E-state index contributed by atoms with van der Waals surface area (Å²) in [6.07, 6.45) is 0.775. The molecule has 15 heavy (non-hydrogen) atoms. The number of carboxylic acid groups (broad SMARTS) is 1. The fraction of sp³-hybridized carbons (Fsp3) is 0.364. The second kappa shape index (κ2) is 5.34. The molecular formula is C11H14FNO2. The molecule has 0 heterocycles. The minimum atomic E-state index is -0.837. The van der Waals surface area contributed by atoms with E-state index in [4.69, 9.17) is 5.11 Å². The molecule has 0 amide bonds. The van der Waals surface area contributed by atoms with E-state index in [0.29, 0.717) is 6.42 Å². The highest BCUT2D eigenvalue weighted by Crippen LogP contribution is 2.12. The second-order valence-corrected chi connectivity index (χ2v) is 3.35. The fourth-order valence-corrected chi connectivity index (χ4v) is 1.29. The molecule has 0 aromatic heterocycles. The summed E-state index contributed by atoms with van der Waals surface area (Å²) in [6, 6.07) is 5.76. The normalized spacial score (nSPS) is 12.1. The summed E-state index contributed by atoms with van der Waals surface area (Å²) in [4.78, 5) is 10.5. The van der Waals surface area contributed by atoms with Crippen LogP contribution >= 0.6 is 0 Å². The van der Waals surface area contributed by atoms with Crippen molar-refractivity contribution in [1.29, 1.82) is 0 Å². The van der Waals surface area contributed by atoms with E-state index in [9.17, 15) is 9.18 Å². The molecule has 0 aliphatic rings. The zero-order chi connectivity index (χ0) is 11.3. The Morgan fingerprint density at radius 2 is 2.07 bits per heavy atom. The average Bonchev–Trinajstić information content (AvgIpc) is 2.19. The maximum atomic E-state index is 12.6. The fourth-order valence-electron chi connectivity index (χ4n) is 1.29. The zero-order valence-corrected chi connectivity index (χ0v) is 8.53. The summed E-state index contributed by atoms with van der Waals surface area (Å²) >= 11 is 0. The third-order valence-electron chi connectivity index (χ3n) is 2.13. The Balaban J connectivity index is 2.58. The summed E-state index contributed by atoms with van der Waals surface area (Å²) in [5.41, 5.74) is 0.740. The van der Waals surface area contributed by atoms with E-state index < -0.39 is 5.97 Å². The minimum Gasteiger partial charge on any atom is -0.481 e. The lowest BCUT2D eigenvalue weighted by Crippen LogP contribution is -2.22. The molecule has 0 bridgehead atoms. The SMILES string of the molecule is CCC(CC(=O)O)Nc1ccc(F)cc1. The molecule has 0 fully saturated rings. The number of hydrogen-bond acceptors (Lipinski definition) is 2. The monoisotopic (exact) mass is 211 g/mol. The summed E-state index contributed by atoms with van der Waals surface area (Å²) in [6.45, 7) is 1.91. The van der Waals surface area contributed by atoms with Crippen molar-refractivity contribution in [3.05, 3.63) is 30.1 Å². The van der Waals surface area contributed by atoms with E-state index >= 15 is 0 Å². The van der Waals surface area contributed by atoms with Crippen molar-refractivity contribution in [3.63, 3.8) is 0 Å². The Morgan fingerprint density at radius 3 is 2.53 bits per heavy atom. The van der Waals surface area contributed by atoms with Crippen molar-refractivity contribution < 1.29 is 14.3 Å². The van der Waals surface area contributed by atoms with Gasteiger partial charge in [0.25, 0.3) is 0 Å². The summed E-state index contributed by atoms with van der Waals surface area (Å²) < 4.78 is 12.6. The van der Waals surface area contributed by atoms with Crippen LogP contribution in [0.15, 0.2) is 24.3 Å². The first-order chi connectivity index (χ1) is 7.11. The summed E-state index contributed by atoms with van der Waals surface area (Å²) in [5, 5.41) is 11.7. The van der Waals surface area contributed by atoms with Crippen LogP contribution in [-0.2, 0) is 4.79 Å². The lowest BCUT2D eigenvalue weighted by atomic mass is 10.1. The number of anilines is 1. The van der Waals surface area contributed by atoms with Gasteiger partial charge in [0.2, 0.25) is 0 Å². The van der Waals surface area contributed by atoms with Crippen molar-refractivity contribution in [2.24, 2.45) is 0 Å². The van der Waals surface area contributed by atoms with Gasteiger partial charge >= 0.3 is 5.97 Å². The first-order valence-electron chi connectivity index (χ1n) is 4.85. The number of aliphatic carboxylic acids is 1. The largest absolute Gasteiger partial charge is 0.481 e. The van der Waals surface area contributed by atoms with E-state index in [0.717, 1.165) is 5.69 Å². The van der Waals surface area contributed by atoms with Crippen molar-refractivity contribution in [3.8, 4) is 0 Å². The molecule has 0 aliphatic heterocycles. The van der Waals surface area contributed by atoms with Crippen molar-refractivity contribution >= 4 is 11.7 Å². The molecule has 0 saturated heterocycles. The molecule has 0 aliphatic carbocycles. The summed E-state index contributed by atoms with van der Waals surface area (Å²) in [5.74, 6) is -1.14. The molecule has 1 aromatic carbocycles. The minimum absolute atomic E-state index is 0.0634. The Bertz CT molecular complexity index is 324. The Hall–Kier alpha value is -1.58. The molecule has 0 saturated carbocycles. The highest BCUT2D eigenvalue weighted by atomic mass is 19.1. The van der Waals surface area contributed by atoms with Crippen LogP contribution in [0.2, 0.25) is 0 Å². The quantitative estimate of drug-likeness (QED) is 0.786. The number of carboxylic acids is 1. The van der Waals surface area contributed by atoms with Gasteiger partial charge in [0.1, 0.15) is 5.82 Å². The van der Waals surface area contributed by atoms with Gasteiger partial charge in [-0.15, -0.1) is 0 Å². The van der Waals surface area contributed by atoms with Crippen molar-refractivity contribution in [2.45, 2.75) is 25.8 Å². The van der Waals surface area contributed by atoms with Crippen LogP contribution in [0.1, 0.15) is 19.8 Å². The molecule has 1 aromatic rings. The van der Waals surface area contributed by atoms with Crippen molar-refractivity contribution in [2.75, 3.05) is 5.32 Å². The molecule has 1 atom stereocenters. The third kappa shape index (κ3) is 3.97.